The van der Waals surface area contributed by atoms with Crippen molar-refractivity contribution in [3.8, 4) is 6.07 Å². The molecule has 0 unspecified atom stereocenters. The van der Waals surface area contributed by atoms with Crippen molar-refractivity contribution in [2.75, 3.05) is 13.1 Å². The van der Waals surface area contributed by atoms with E-state index in [9.17, 15) is 0 Å². The number of rotatable bonds is 7. The molecular formula is C15H22N2. The molecule has 0 saturated heterocycles. The van der Waals surface area contributed by atoms with Crippen molar-refractivity contribution in [2.45, 2.75) is 39.7 Å². The summed E-state index contributed by atoms with van der Waals surface area (Å²) in [4.78, 5) is 2.49. The highest BCUT2D eigenvalue weighted by Gasteiger charge is 2.03. The zero-order chi connectivity index (χ0) is 12.5. The summed E-state index contributed by atoms with van der Waals surface area (Å²) >= 11 is 0. The van der Waals surface area contributed by atoms with Gasteiger partial charge in [-0.05, 0) is 37.1 Å². The van der Waals surface area contributed by atoms with Crippen molar-refractivity contribution in [3.05, 3.63) is 35.4 Å². The van der Waals surface area contributed by atoms with Crippen LogP contribution in [0.1, 0.15) is 37.8 Å². The molecule has 17 heavy (non-hydrogen) atoms. The van der Waals surface area contributed by atoms with Gasteiger partial charge in [-0.2, -0.15) is 5.26 Å². The molecule has 0 radical (unpaired) electrons. The highest BCUT2D eigenvalue weighted by molar-refractivity contribution is 5.24. The van der Waals surface area contributed by atoms with E-state index >= 15 is 0 Å². The predicted octanol–water partition coefficient (Wildman–Crippen LogP) is 3.37. The summed E-state index contributed by atoms with van der Waals surface area (Å²) in [6.07, 6.45) is 2.91. The molecule has 2 nitrogen and oxygen atoms in total. The molecule has 0 bridgehead atoms. The summed E-state index contributed by atoms with van der Waals surface area (Å²) in [6.45, 7) is 7.79. The summed E-state index contributed by atoms with van der Waals surface area (Å²) in [5.41, 5.74) is 2.45. The van der Waals surface area contributed by atoms with Crippen LogP contribution in [0.4, 0.5) is 0 Å². The van der Waals surface area contributed by atoms with Gasteiger partial charge >= 0.3 is 0 Å². The lowest BCUT2D eigenvalue weighted by Crippen LogP contribution is -2.24. The van der Waals surface area contributed by atoms with Gasteiger partial charge < -0.3 is 0 Å². The van der Waals surface area contributed by atoms with Crippen molar-refractivity contribution in [2.24, 2.45) is 0 Å². The molecule has 1 aromatic rings. The predicted molar refractivity (Wildman–Crippen MR) is 71.6 cm³/mol. The molecule has 0 aliphatic carbocycles. The van der Waals surface area contributed by atoms with Gasteiger partial charge in [0.2, 0.25) is 0 Å². The normalized spacial score (nSPS) is 10.5. The van der Waals surface area contributed by atoms with E-state index in [2.05, 4.69) is 49.1 Å². The summed E-state index contributed by atoms with van der Waals surface area (Å²) in [5, 5.41) is 8.62. The van der Waals surface area contributed by atoms with Gasteiger partial charge in [-0.25, -0.2) is 0 Å². The van der Waals surface area contributed by atoms with E-state index in [4.69, 9.17) is 5.26 Å². The van der Waals surface area contributed by atoms with E-state index in [0.29, 0.717) is 6.42 Å². The van der Waals surface area contributed by atoms with Crippen LogP contribution in [0.3, 0.4) is 0 Å². The molecule has 1 rings (SSSR count). The van der Waals surface area contributed by atoms with Crippen LogP contribution in [0.25, 0.3) is 0 Å². The van der Waals surface area contributed by atoms with Crippen LogP contribution in [-0.4, -0.2) is 18.0 Å². The second kappa shape index (κ2) is 7.86. The maximum absolute atomic E-state index is 8.62. The lowest BCUT2D eigenvalue weighted by atomic mass is 10.1. The van der Waals surface area contributed by atoms with Gasteiger partial charge in [0.1, 0.15) is 0 Å². The van der Waals surface area contributed by atoms with Crippen molar-refractivity contribution < 1.29 is 0 Å². The van der Waals surface area contributed by atoms with Gasteiger partial charge in [0.05, 0.1) is 12.5 Å². The van der Waals surface area contributed by atoms with Crippen molar-refractivity contribution in [3.63, 3.8) is 0 Å². The van der Waals surface area contributed by atoms with E-state index in [1.807, 2.05) is 0 Å². The van der Waals surface area contributed by atoms with Crippen LogP contribution in [0.15, 0.2) is 24.3 Å². The van der Waals surface area contributed by atoms with Crippen LogP contribution in [0.2, 0.25) is 0 Å². The minimum atomic E-state index is 0.508. The molecule has 0 N–H and O–H groups in total. The van der Waals surface area contributed by atoms with Crippen LogP contribution in [0, 0.1) is 11.3 Å². The summed E-state index contributed by atoms with van der Waals surface area (Å²) in [7, 11) is 0. The van der Waals surface area contributed by atoms with Gasteiger partial charge in [-0.3, -0.25) is 4.90 Å². The first-order valence-electron chi connectivity index (χ1n) is 6.47. The summed E-state index contributed by atoms with van der Waals surface area (Å²) < 4.78 is 0. The Balaban J connectivity index is 2.57. The third kappa shape index (κ3) is 5.01. The van der Waals surface area contributed by atoms with Crippen molar-refractivity contribution in [1.82, 2.24) is 4.90 Å². The molecular weight excluding hydrogens is 208 g/mol. The molecule has 92 valence electrons. The Morgan fingerprint density at radius 1 is 1.00 bits per heavy atom. The number of nitrogens with zero attached hydrogens (tertiary/aromatic N) is 2. The molecule has 0 heterocycles. The fraction of sp³-hybridized carbons (Fsp3) is 0.533. The first-order valence-corrected chi connectivity index (χ1v) is 6.47. The molecule has 0 saturated carbocycles. The minimum absolute atomic E-state index is 0.508. The topological polar surface area (TPSA) is 27.0 Å². The summed E-state index contributed by atoms with van der Waals surface area (Å²) in [5.74, 6) is 0. The largest absolute Gasteiger partial charge is 0.299 e. The van der Waals surface area contributed by atoms with Gasteiger partial charge in [-0.1, -0.05) is 38.1 Å². The quantitative estimate of drug-likeness (QED) is 0.718. The monoisotopic (exact) mass is 230 g/mol. The van der Waals surface area contributed by atoms with Gasteiger partial charge in [0, 0.05) is 6.54 Å². The number of nitriles is 1. The fourth-order valence-corrected chi connectivity index (χ4v) is 2.01. The minimum Gasteiger partial charge on any atom is -0.299 e. The molecule has 0 spiro atoms. The second-order valence-corrected chi connectivity index (χ2v) is 4.43. The maximum Gasteiger partial charge on any atom is 0.0669 e. The Morgan fingerprint density at radius 2 is 1.53 bits per heavy atom. The molecule has 0 atom stereocenters. The number of benzene rings is 1. The fourth-order valence-electron chi connectivity index (χ4n) is 2.01. The molecule has 1 aromatic carbocycles. The molecule has 0 aliphatic heterocycles. The smallest absolute Gasteiger partial charge is 0.0669 e. The zero-order valence-electron chi connectivity index (χ0n) is 10.9. The Kier molecular flexibility index (Phi) is 6.35. The van der Waals surface area contributed by atoms with Gasteiger partial charge in [-0.15, -0.1) is 0 Å². The third-order valence-corrected chi connectivity index (χ3v) is 2.79. The molecule has 2 heteroatoms. The van der Waals surface area contributed by atoms with Crippen LogP contribution in [0.5, 0.6) is 0 Å². The SMILES string of the molecule is CCCN(CCC)Cc1ccc(CC#N)cc1. The van der Waals surface area contributed by atoms with Gasteiger partial charge in [0.15, 0.2) is 0 Å². The standard InChI is InChI=1S/C15H22N2/c1-3-11-17(12-4-2)13-15-7-5-14(6-8-15)9-10-16/h5-8H,3-4,9,11-13H2,1-2H3. The Bertz CT molecular complexity index is 342. The highest BCUT2D eigenvalue weighted by Crippen LogP contribution is 2.09. The lowest BCUT2D eigenvalue weighted by molar-refractivity contribution is 0.266. The second-order valence-electron chi connectivity index (χ2n) is 4.43. The number of hydrogen-bond donors (Lipinski definition) is 0. The maximum atomic E-state index is 8.62. The highest BCUT2D eigenvalue weighted by atomic mass is 15.1. The van der Waals surface area contributed by atoms with Crippen LogP contribution in [-0.2, 0) is 13.0 Å². The van der Waals surface area contributed by atoms with E-state index < -0.39 is 0 Å². The molecule has 0 fully saturated rings. The van der Waals surface area contributed by atoms with Crippen molar-refractivity contribution in [1.29, 1.82) is 5.26 Å². The van der Waals surface area contributed by atoms with Gasteiger partial charge in [0.25, 0.3) is 0 Å². The average Bonchev–Trinajstić information content (AvgIpc) is 2.33. The van der Waals surface area contributed by atoms with Crippen molar-refractivity contribution >= 4 is 0 Å². The van der Waals surface area contributed by atoms with Crippen LogP contribution < -0.4 is 0 Å². The van der Waals surface area contributed by atoms with E-state index in [1.165, 1.54) is 18.4 Å². The van der Waals surface area contributed by atoms with E-state index in [-0.39, 0.29) is 0 Å². The Morgan fingerprint density at radius 3 is 2.00 bits per heavy atom. The Labute approximate surface area is 105 Å². The lowest BCUT2D eigenvalue weighted by Gasteiger charge is -2.21. The molecule has 0 amide bonds. The third-order valence-electron chi connectivity index (χ3n) is 2.79. The Hall–Kier alpha value is -1.33. The van der Waals surface area contributed by atoms with Crippen LogP contribution >= 0.6 is 0 Å². The molecule has 0 aliphatic rings. The average molecular weight is 230 g/mol. The van der Waals surface area contributed by atoms with E-state index in [1.54, 1.807) is 0 Å². The number of hydrogen-bond acceptors (Lipinski definition) is 2. The first-order chi connectivity index (χ1) is 8.30. The summed E-state index contributed by atoms with van der Waals surface area (Å²) in [6, 6.07) is 10.6. The first kappa shape index (κ1) is 13.7. The van der Waals surface area contributed by atoms with E-state index in [0.717, 1.165) is 25.2 Å². The molecule has 0 aromatic heterocycles. The zero-order valence-corrected chi connectivity index (χ0v) is 10.9.